The summed E-state index contributed by atoms with van der Waals surface area (Å²) in [4.78, 5) is 12.0. The highest BCUT2D eigenvalue weighted by atomic mass is 16.5. The van der Waals surface area contributed by atoms with E-state index in [2.05, 4.69) is 10.6 Å². The van der Waals surface area contributed by atoms with E-state index in [0.29, 0.717) is 13.2 Å². The van der Waals surface area contributed by atoms with Gasteiger partial charge in [-0.15, -0.1) is 0 Å². The second kappa shape index (κ2) is 5.92. The average molecular weight is 322 g/mol. The third-order valence-corrected chi connectivity index (χ3v) is 7.03. The Labute approximate surface area is 138 Å². The van der Waals surface area contributed by atoms with Crippen LogP contribution >= 0.6 is 0 Å². The lowest BCUT2D eigenvalue weighted by Gasteiger charge is -2.59. The van der Waals surface area contributed by atoms with Gasteiger partial charge >= 0.3 is 6.03 Å². The number of carbonyl (C=O) groups excluding carboxylic acids is 1. The van der Waals surface area contributed by atoms with Gasteiger partial charge in [-0.2, -0.15) is 0 Å². The highest BCUT2D eigenvalue weighted by Gasteiger charge is 2.58. The minimum absolute atomic E-state index is 0.0677. The van der Waals surface area contributed by atoms with Crippen molar-refractivity contribution in [2.75, 3.05) is 26.3 Å². The van der Waals surface area contributed by atoms with Crippen LogP contribution in [0.3, 0.4) is 0 Å². The Morgan fingerprint density at radius 3 is 2.78 bits per heavy atom. The third-order valence-electron chi connectivity index (χ3n) is 7.03. The molecule has 3 unspecified atom stereocenters. The van der Waals surface area contributed by atoms with Gasteiger partial charge in [0.2, 0.25) is 0 Å². The van der Waals surface area contributed by atoms with Crippen LogP contribution in [0.1, 0.15) is 51.4 Å². The molecule has 23 heavy (non-hydrogen) atoms. The van der Waals surface area contributed by atoms with E-state index >= 15 is 0 Å². The fourth-order valence-corrected chi connectivity index (χ4v) is 5.85. The highest BCUT2D eigenvalue weighted by molar-refractivity contribution is 5.73. The average Bonchev–Trinajstić information content (AvgIpc) is 3.15. The fourth-order valence-electron chi connectivity index (χ4n) is 5.85. The summed E-state index contributed by atoms with van der Waals surface area (Å²) in [6.07, 6.45) is 9.49. The summed E-state index contributed by atoms with van der Waals surface area (Å²) in [5.74, 6) is 2.75. The number of amides is 2. The van der Waals surface area contributed by atoms with Crippen LogP contribution in [0, 0.1) is 23.2 Å². The first-order chi connectivity index (χ1) is 11.1. The van der Waals surface area contributed by atoms with Gasteiger partial charge in [-0.3, -0.25) is 0 Å². The second-order valence-electron chi connectivity index (χ2n) is 8.63. The first-order valence-electron chi connectivity index (χ1n) is 9.39. The van der Waals surface area contributed by atoms with Crippen molar-refractivity contribution in [1.29, 1.82) is 0 Å². The largest absolute Gasteiger partial charge is 0.396 e. The predicted molar refractivity (Wildman–Crippen MR) is 87.0 cm³/mol. The summed E-state index contributed by atoms with van der Waals surface area (Å²) in [5, 5.41) is 15.5. The van der Waals surface area contributed by atoms with E-state index in [-0.39, 0.29) is 23.7 Å². The molecule has 5 aliphatic rings. The summed E-state index contributed by atoms with van der Waals surface area (Å²) in [7, 11) is 0. The molecule has 5 rings (SSSR count). The van der Waals surface area contributed by atoms with Crippen LogP contribution in [-0.2, 0) is 4.74 Å². The number of urea groups is 1. The third kappa shape index (κ3) is 2.98. The van der Waals surface area contributed by atoms with Gasteiger partial charge in [0.25, 0.3) is 0 Å². The quantitative estimate of drug-likeness (QED) is 0.701. The van der Waals surface area contributed by atoms with Crippen LogP contribution in [0.2, 0.25) is 0 Å². The number of aliphatic hydroxyl groups is 1. The molecule has 4 bridgehead atoms. The molecular weight excluding hydrogens is 292 g/mol. The molecule has 2 saturated heterocycles. The van der Waals surface area contributed by atoms with Crippen molar-refractivity contribution < 1.29 is 14.6 Å². The highest BCUT2D eigenvalue weighted by Crippen LogP contribution is 2.56. The van der Waals surface area contributed by atoms with Gasteiger partial charge in [0.1, 0.15) is 0 Å². The SMILES string of the molecule is O=C(NCCC1CC2CCC1C2)NCC12CC(CO)(CCO1)C2. The molecule has 3 saturated carbocycles. The molecule has 0 radical (unpaired) electrons. The van der Waals surface area contributed by atoms with Gasteiger partial charge in [-0.05, 0) is 62.7 Å². The van der Waals surface area contributed by atoms with Crippen molar-refractivity contribution in [2.24, 2.45) is 23.2 Å². The number of carbonyl (C=O) groups is 1. The Bertz CT molecular complexity index is 461. The number of nitrogens with one attached hydrogen (secondary N) is 2. The zero-order valence-electron chi connectivity index (χ0n) is 14.0. The van der Waals surface area contributed by atoms with Crippen LogP contribution in [0.5, 0.6) is 0 Å². The van der Waals surface area contributed by atoms with E-state index in [1.807, 2.05) is 0 Å². The van der Waals surface area contributed by atoms with Gasteiger partial charge in [0.05, 0.1) is 5.60 Å². The van der Waals surface area contributed by atoms with Gasteiger partial charge in [-0.25, -0.2) is 4.79 Å². The number of fused-ring (bicyclic) bond motifs is 4. The minimum Gasteiger partial charge on any atom is -0.396 e. The molecule has 5 heteroatoms. The number of hydrogen-bond acceptors (Lipinski definition) is 3. The van der Waals surface area contributed by atoms with Crippen molar-refractivity contribution in [3.05, 3.63) is 0 Å². The molecule has 2 amide bonds. The number of ether oxygens (including phenoxy) is 1. The molecule has 2 aliphatic heterocycles. The van der Waals surface area contributed by atoms with E-state index in [0.717, 1.165) is 50.0 Å². The molecule has 0 aromatic carbocycles. The van der Waals surface area contributed by atoms with Crippen LogP contribution < -0.4 is 10.6 Å². The molecule has 130 valence electrons. The van der Waals surface area contributed by atoms with E-state index in [4.69, 9.17) is 4.74 Å². The number of aliphatic hydroxyl groups excluding tert-OH is 1. The fraction of sp³-hybridized carbons (Fsp3) is 0.944. The maximum absolute atomic E-state index is 12.0. The van der Waals surface area contributed by atoms with Crippen LogP contribution in [0.4, 0.5) is 4.79 Å². The first kappa shape index (κ1) is 15.7. The maximum Gasteiger partial charge on any atom is 0.314 e. The Hall–Kier alpha value is -0.810. The van der Waals surface area contributed by atoms with Crippen molar-refractivity contribution in [2.45, 2.75) is 57.0 Å². The molecule has 5 fully saturated rings. The Morgan fingerprint density at radius 1 is 1.22 bits per heavy atom. The zero-order chi connectivity index (χ0) is 15.9. The molecule has 0 aromatic rings. The normalized spacial score (nSPS) is 44.0. The van der Waals surface area contributed by atoms with Gasteiger partial charge in [0, 0.05) is 31.7 Å². The lowest BCUT2D eigenvalue weighted by molar-refractivity contribution is -0.232. The standard InChI is InChI=1S/C18H30N2O3/c21-12-17-4-6-23-18(9-17,10-17)11-20-16(22)19-5-3-15-8-13-1-2-14(15)7-13/h13-15,21H,1-12H2,(H2,19,20,22). The van der Waals surface area contributed by atoms with E-state index in [1.54, 1.807) is 0 Å². The molecular formula is C18H30N2O3. The molecule has 0 spiro atoms. The molecule has 3 aliphatic carbocycles. The predicted octanol–water partition coefficient (Wildman–Crippen LogP) is 2.04. The second-order valence-corrected chi connectivity index (χ2v) is 8.63. The lowest BCUT2D eigenvalue weighted by atomic mass is 9.56. The number of rotatable bonds is 6. The Morgan fingerprint density at radius 2 is 2.09 bits per heavy atom. The smallest absolute Gasteiger partial charge is 0.314 e. The van der Waals surface area contributed by atoms with Crippen molar-refractivity contribution in [3.8, 4) is 0 Å². The Balaban J connectivity index is 1.14. The van der Waals surface area contributed by atoms with Crippen LogP contribution in [-0.4, -0.2) is 43.0 Å². The van der Waals surface area contributed by atoms with E-state index in [9.17, 15) is 9.90 Å². The summed E-state index contributed by atoms with van der Waals surface area (Å²) in [6.45, 7) is 2.30. The van der Waals surface area contributed by atoms with Gasteiger partial charge in [0.15, 0.2) is 0 Å². The summed E-state index contributed by atoms with van der Waals surface area (Å²) >= 11 is 0. The summed E-state index contributed by atoms with van der Waals surface area (Å²) in [5.41, 5.74) is -0.152. The lowest BCUT2D eigenvalue weighted by Crippen LogP contribution is -2.64. The van der Waals surface area contributed by atoms with E-state index < -0.39 is 0 Å². The van der Waals surface area contributed by atoms with Crippen LogP contribution in [0.25, 0.3) is 0 Å². The first-order valence-corrected chi connectivity index (χ1v) is 9.39. The van der Waals surface area contributed by atoms with Gasteiger partial charge < -0.3 is 20.5 Å². The van der Waals surface area contributed by atoms with Crippen LogP contribution in [0.15, 0.2) is 0 Å². The molecule has 5 nitrogen and oxygen atoms in total. The minimum atomic E-state index is -0.219. The van der Waals surface area contributed by atoms with E-state index in [1.165, 1.54) is 25.7 Å². The van der Waals surface area contributed by atoms with Gasteiger partial charge in [-0.1, -0.05) is 6.42 Å². The monoisotopic (exact) mass is 322 g/mol. The molecule has 3 N–H and O–H groups in total. The Kier molecular flexibility index (Phi) is 4.04. The molecule has 3 atom stereocenters. The molecule has 2 heterocycles. The topological polar surface area (TPSA) is 70.6 Å². The maximum atomic E-state index is 12.0. The van der Waals surface area contributed by atoms with Crippen molar-refractivity contribution in [1.82, 2.24) is 10.6 Å². The summed E-state index contributed by atoms with van der Waals surface area (Å²) < 4.78 is 5.87. The molecule has 0 aromatic heterocycles. The van der Waals surface area contributed by atoms with Crippen molar-refractivity contribution in [3.63, 3.8) is 0 Å². The zero-order valence-corrected chi connectivity index (χ0v) is 14.0. The van der Waals surface area contributed by atoms with Crippen molar-refractivity contribution >= 4 is 6.03 Å². The number of hydrogen-bond donors (Lipinski definition) is 3. The summed E-state index contributed by atoms with van der Waals surface area (Å²) in [6, 6.07) is -0.0711.